The van der Waals surface area contributed by atoms with Crippen LogP contribution in [0.2, 0.25) is 0 Å². The summed E-state index contributed by atoms with van der Waals surface area (Å²) in [7, 11) is 3.50. The molecule has 19 heavy (non-hydrogen) atoms. The second-order valence-electron chi connectivity index (χ2n) is 4.63. The molecule has 0 saturated carbocycles. The predicted molar refractivity (Wildman–Crippen MR) is 78.2 cm³/mol. The van der Waals surface area contributed by atoms with Gasteiger partial charge in [-0.2, -0.15) is 0 Å². The molecule has 1 aromatic carbocycles. The second kappa shape index (κ2) is 7.36. The van der Waals surface area contributed by atoms with E-state index in [2.05, 4.69) is 5.32 Å². The summed E-state index contributed by atoms with van der Waals surface area (Å²) in [5.41, 5.74) is 0.690. The first-order valence-corrected chi connectivity index (χ1v) is 6.34. The number of halogens is 1. The Kier molecular flexibility index (Phi) is 6.12. The molecule has 4 nitrogen and oxygen atoms in total. The van der Waals surface area contributed by atoms with E-state index in [0.717, 1.165) is 31.7 Å². The monoisotopic (exact) mass is 284 g/mol. The number of carbonyl (C=O) groups excluding carboxylic acids is 1. The van der Waals surface area contributed by atoms with Crippen molar-refractivity contribution in [1.82, 2.24) is 10.2 Å². The zero-order valence-corrected chi connectivity index (χ0v) is 12.2. The van der Waals surface area contributed by atoms with Crippen LogP contribution in [0.5, 0.6) is 5.75 Å². The molecule has 0 aromatic heterocycles. The highest BCUT2D eigenvalue weighted by atomic mass is 35.5. The molecule has 106 valence electrons. The second-order valence-corrected chi connectivity index (χ2v) is 4.63. The van der Waals surface area contributed by atoms with E-state index < -0.39 is 0 Å². The van der Waals surface area contributed by atoms with Gasteiger partial charge >= 0.3 is 0 Å². The normalized spacial score (nSPS) is 15.5. The van der Waals surface area contributed by atoms with Crippen LogP contribution in [-0.2, 0) is 0 Å². The number of benzene rings is 1. The van der Waals surface area contributed by atoms with Gasteiger partial charge in [-0.3, -0.25) is 4.79 Å². The first kappa shape index (κ1) is 15.8. The molecule has 1 aliphatic heterocycles. The molecule has 0 unspecified atom stereocenters. The lowest BCUT2D eigenvalue weighted by Crippen LogP contribution is -2.43. The van der Waals surface area contributed by atoms with Crippen LogP contribution in [0.25, 0.3) is 0 Å². The van der Waals surface area contributed by atoms with E-state index in [1.165, 1.54) is 0 Å². The number of hydrogen-bond acceptors (Lipinski definition) is 3. The molecular weight excluding hydrogens is 264 g/mol. The predicted octanol–water partition coefficient (Wildman–Crippen LogP) is 1.94. The minimum absolute atomic E-state index is 0. The molecule has 1 saturated heterocycles. The summed E-state index contributed by atoms with van der Waals surface area (Å²) in [5, 5.41) is 3.31. The SMILES string of the molecule is COc1cccc(C(=O)N(C)C2CCNCC2)c1.Cl. The van der Waals surface area contributed by atoms with Crippen molar-refractivity contribution in [3.8, 4) is 5.75 Å². The zero-order valence-electron chi connectivity index (χ0n) is 11.4. The number of amides is 1. The van der Waals surface area contributed by atoms with E-state index in [0.29, 0.717) is 11.6 Å². The minimum Gasteiger partial charge on any atom is -0.497 e. The van der Waals surface area contributed by atoms with Gasteiger partial charge in [0.1, 0.15) is 5.75 Å². The number of nitrogens with zero attached hydrogens (tertiary/aromatic N) is 1. The first-order chi connectivity index (χ1) is 8.72. The van der Waals surface area contributed by atoms with E-state index in [9.17, 15) is 4.79 Å². The zero-order chi connectivity index (χ0) is 13.0. The molecule has 0 spiro atoms. The summed E-state index contributed by atoms with van der Waals surface area (Å²) in [5.74, 6) is 0.792. The maximum absolute atomic E-state index is 12.4. The Hall–Kier alpha value is -1.26. The van der Waals surface area contributed by atoms with Gasteiger partial charge in [0.15, 0.2) is 0 Å². The molecule has 2 rings (SSSR count). The smallest absolute Gasteiger partial charge is 0.253 e. The fraction of sp³-hybridized carbons (Fsp3) is 0.500. The van der Waals surface area contributed by atoms with Crippen molar-refractivity contribution in [2.45, 2.75) is 18.9 Å². The van der Waals surface area contributed by atoms with Crippen LogP contribution < -0.4 is 10.1 Å². The summed E-state index contributed by atoms with van der Waals surface area (Å²) in [4.78, 5) is 14.2. The van der Waals surface area contributed by atoms with Crippen molar-refractivity contribution in [1.29, 1.82) is 0 Å². The summed E-state index contributed by atoms with van der Waals surface area (Å²) < 4.78 is 5.15. The average Bonchev–Trinajstić information content (AvgIpc) is 2.46. The third-order valence-corrected chi connectivity index (χ3v) is 3.49. The van der Waals surface area contributed by atoms with Gasteiger partial charge in [0.05, 0.1) is 7.11 Å². The van der Waals surface area contributed by atoms with E-state index >= 15 is 0 Å². The molecule has 5 heteroatoms. The van der Waals surface area contributed by atoms with Crippen LogP contribution >= 0.6 is 12.4 Å². The Morgan fingerprint density at radius 1 is 1.37 bits per heavy atom. The number of nitrogens with one attached hydrogen (secondary N) is 1. The Morgan fingerprint density at radius 2 is 2.05 bits per heavy atom. The molecule has 1 N–H and O–H groups in total. The highest BCUT2D eigenvalue weighted by Crippen LogP contribution is 2.17. The maximum atomic E-state index is 12.4. The summed E-state index contributed by atoms with van der Waals surface area (Å²) in [6.07, 6.45) is 2.04. The molecule has 1 aliphatic rings. The minimum atomic E-state index is 0. The van der Waals surface area contributed by atoms with E-state index in [1.54, 1.807) is 13.2 Å². The molecule has 0 atom stereocenters. The van der Waals surface area contributed by atoms with E-state index in [4.69, 9.17) is 4.74 Å². The molecule has 0 radical (unpaired) electrons. The van der Waals surface area contributed by atoms with Gasteiger partial charge in [-0.25, -0.2) is 0 Å². The van der Waals surface area contributed by atoms with E-state index in [1.807, 2.05) is 30.1 Å². The van der Waals surface area contributed by atoms with Crippen LogP contribution in [0.15, 0.2) is 24.3 Å². The summed E-state index contributed by atoms with van der Waals surface area (Å²) >= 11 is 0. The number of ether oxygens (including phenoxy) is 1. The number of piperidine rings is 1. The molecule has 1 heterocycles. The van der Waals surface area contributed by atoms with Crippen molar-refractivity contribution < 1.29 is 9.53 Å². The topological polar surface area (TPSA) is 41.6 Å². The van der Waals surface area contributed by atoms with Crippen molar-refractivity contribution in [2.24, 2.45) is 0 Å². The number of methoxy groups -OCH3 is 1. The van der Waals surface area contributed by atoms with Gasteiger partial charge in [-0.1, -0.05) is 6.07 Å². The van der Waals surface area contributed by atoms with Crippen LogP contribution in [0.3, 0.4) is 0 Å². The molecular formula is C14H21ClN2O2. The third-order valence-electron chi connectivity index (χ3n) is 3.49. The number of rotatable bonds is 3. The van der Waals surface area contributed by atoms with Crippen molar-refractivity contribution >= 4 is 18.3 Å². The lowest BCUT2D eigenvalue weighted by atomic mass is 10.0. The Balaban J connectivity index is 0.00000180. The lowest BCUT2D eigenvalue weighted by Gasteiger charge is -2.31. The van der Waals surface area contributed by atoms with Gasteiger partial charge in [-0.15, -0.1) is 12.4 Å². The van der Waals surface area contributed by atoms with Crippen molar-refractivity contribution in [3.63, 3.8) is 0 Å². The van der Waals surface area contributed by atoms with Gasteiger partial charge in [0.25, 0.3) is 5.91 Å². The van der Waals surface area contributed by atoms with Crippen LogP contribution in [-0.4, -0.2) is 44.1 Å². The fourth-order valence-electron chi connectivity index (χ4n) is 2.32. The Bertz CT molecular complexity index is 420. The number of hydrogen-bond donors (Lipinski definition) is 1. The van der Waals surface area contributed by atoms with Crippen molar-refractivity contribution in [3.05, 3.63) is 29.8 Å². The summed E-state index contributed by atoms with van der Waals surface area (Å²) in [6.45, 7) is 1.97. The Morgan fingerprint density at radius 3 is 2.68 bits per heavy atom. The highest BCUT2D eigenvalue weighted by Gasteiger charge is 2.22. The van der Waals surface area contributed by atoms with Gasteiger partial charge in [-0.05, 0) is 44.1 Å². The van der Waals surface area contributed by atoms with Gasteiger partial charge < -0.3 is 15.0 Å². The van der Waals surface area contributed by atoms with Crippen LogP contribution in [0, 0.1) is 0 Å². The van der Waals surface area contributed by atoms with Gasteiger partial charge in [0.2, 0.25) is 0 Å². The van der Waals surface area contributed by atoms with Crippen molar-refractivity contribution in [2.75, 3.05) is 27.2 Å². The Labute approximate surface area is 120 Å². The lowest BCUT2D eigenvalue weighted by molar-refractivity contribution is 0.0703. The van der Waals surface area contributed by atoms with E-state index in [-0.39, 0.29) is 18.3 Å². The molecule has 1 aromatic rings. The number of carbonyl (C=O) groups is 1. The molecule has 1 fully saturated rings. The molecule has 1 amide bonds. The summed E-state index contributed by atoms with van der Waals surface area (Å²) in [6, 6.07) is 7.66. The third kappa shape index (κ3) is 3.85. The van der Waals surface area contributed by atoms with Crippen LogP contribution in [0.4, 0.5) is 0 Å². The highest BCUT2D eigenvalue weighted by molar-refractivity contribution is 5.94. The first-order valence-electron chi connectivity index (χ1n) is 6.34. The standard InChI is InChI=1S/C14H20N2O2.ClH/c1-16(12-6-8-15-9-7-12)14(17)11-4-3-5-13(10-11)18-2;/h3-5,10,12,15H,6-9H2,1-2H3;1H. The largest absolute Gasteiger partial charge is 0.497 e. The van der Waals surface area contributed by atoms with Crippen LogP contribution in [0.1, 0.15) is 23.2 Å². The van der Waals surface area contributed by atoms with Gasteiger partial charge in [0, 0.05) is 18.7 Å². The molecule has 0 aliphatic carbocycles. The molecule has 0 bridgehead atoms. The quantitative estimate of drug-likeness (QED) is 0.922. The maximum Gasteiger partial charge on any atom is 0.253 e. The average molecular weight is 285 g/mol. The fourth-order valence-corrected chi connectivity index (χ4v) is 2.32.